The maximum absolute atomic E-state index is 10.4. The van der Waals surface area contributed by atoms with Crippen LogP contribution >= 0.6 is 0 Å². The summed E-state index contributed by atoms with van der Waals surface area (Å²) < 4.78 is 0. The molecule has 4 aliphatic carbocycles. The second-order valence-electron chi connectivity index (χ2n) is 7.76. The lowest BCUT2D eigenvalue weighted by atomic mass is 9.54. The van der Waals surface area contributed by atoms with Gasteiger partial charge in [-0.1, -0.05) is 25.2 Å². The zero-order valence-electron chi connectivity index (χ0n) is 12.3. The van der Waals surface area contributed by atoms with E-state index in [0.29, 0.717) is 17.8 Å². The maximum atomic E-state index is 10.4. The predicted octanol–water partition coefficient (Wildman–Crippen LogP) is 3.06. The van der Waals surface area contributed by atoms with Crippen molar-refractivity contribution >= 4 is 0 Å². The van der Waals surface area contributed by atoms with Gasteiger partial charge in [0.2, 0.25) is 0 Å². The van der Waals surface area contributed by atoms with Crippen LogP contribution in [0.4, 0.5) is 0 Å². The molecule has 110 valence electrons. The summed E-state index contributed by atoms with van der Waals surface area (Å²) in [4.78, 5) is 0. The minimum absolute atomic E-state index is 0.0908. The molecule has 4 aliphatic rings. The van der Waals surface area contributed by atoms with Crippen LogP contribution in [0.3, 0.4) is 0 Å². The summed E-state index contributed by atoms with van der Waals surface area (Å²) in [7, 11) is 0. The maximum Gasteiger partial charge on any atom is 0.0726 e. The third-order valence-corrected chi connectivity index (χ3v) is 6.95. The standard InChI is InChI=1S/C18H26O2/c1-18-9-8-14-13-5-3-12(19)10-11(13)2-4-15(14)16(18)6-7-17(18)20/h2,4,10,12-17,19-20H,3,5-9H2,1H3/t12?,13-,14+,15+,16-,17-,18-/m0/s1. The Hall–Kier alpha value is -0.600. The summed E-state index contributed by atoms with van der Waals surface area (Å²) in [6.07, 6.45) is 13.1. The van der Waals surface area contributed by atoms with Crippen LogP contribution in [0, 0.1) is 29.1 Å². The Morgan fingerprint density at radius 2 is 1.95 bits per heavy atom. The molecule has 2 nitrogen and oxygen atoms in total. The molecule has 2 fully saturated rings. The summed E-state index contributed by atoms with van der Waals surface area (Å²) in [5, 5.41) is 20.2. The molecular weight excluding hydrogens is 248 g/mol. The molecule has 0 saturated heterocycles. The molecule has 0 aromatic carbocycles. The fraction of sp³-hybridized carbons (Fsp3) is 0.778. The van der Waals surface area contributed by atoms with Gasteiger partial charge in [0.1, 0.15) is 0 Å². The fourth-order valence-corrected chi connectivity index (χ4v) is 5.75. The van der Waals surface area contributed by atoms with Crippen molar-refractivity contribution in [3.63, 3.8) is 0 Å². The largest absolute Gasteiger partial charge is 0.393 e. The lowest BCUT2D eigenvalue weighted by molar-refractivity contribution is -0.0324. The van der Waals surface area contributed by atoms with E-state index in [-0.39, 0.29) is 17.6 Å². The van der Waals surface area contributed by atoms with E-state index in [2.05, 4.69) is 25.2 Å². The molecule has 0 aromatic rings. The van der Waals surface area contributed by atoms with Crippen LogP contribution in [0.1, 0.15) is 45.4 Å². The van der Waals surface area contributed by atoms with Crippen molar-refractivity contribution in [1.29, 1.82) is 0 Å². The van der Waals surface area contributed by atoms with E-state index in [0.717, 1.165) is 25.2 Å². The highest BCUT2D eigenvalue weighted by molar-refractivity contribution is 5.32. The Morgan fingerprint density at radius 1 is 1.10 bits per heavy atom. The first-order valence-corrected chi connectivity index (χ1v) is 8.35. The number of fused-ring (bicyclic) bond motifs is 5. The van der Waals surface area contributed by atoms with E-state index < -0.39 is 0 Å². The molecule has 0 bridgehead atoms. The van der Waals surface area contributed by atoms with Gasteiger partial charge in [0.05, 0.1) is 12.2 Å². The topological polar surface area (TPSA) is 40.5 Å². The van der Waals surface area contributed by atoms with Crippen molar-refractivity contribution in [3.05, 3.63) is 23.8 Å². The number of allylic oxidation sites excluding steroid dienone is 3. The van der Waals surface area contributed by atoms with Crippen LogP contribution in [0.2, 0.25) is 0 Å². The Balaban J connectivity index is 1.68. The lowest BCUT2D eigenvalue weighted by Crippen LogP contribution is -2.46. The van der Waals surface area contributed by atoms with Crippen LogP contribution in [-0.4, -0.2) is 22.4 Å². The van der Waals surface area contributed by atoms with E-state index >= 15 is 0 Å². The lowest BCUT2D eigenvalue weighted by Gasteiger charge is -2.51. The summed E-state index contributed by atoms with van der Waals surface area (Å²) in [5.74, 6) is 2.74. The van der Waals surface area contributed by atoms with Gasteiger partial charge < -0.3 is 10.2 Å². The second-order valence-corrected chi connectivity index (χ2v) is 7.76. The molecule has 2 N–H and O–H groups in total. The van der Waals surface area contributed by atoms with Gasteiger partial charge in [-0.3, -0.25) is 0 Å². The van der Waals surface area contributed by atoms with Gasteiger partial charge in [-0.2, -0.15) is 0 Å². The fourth-order valence-electron chi connectivity index (χ4n) is 5.75. The Kier molecular flexibility index (Phi) is 2.91. The zero-order valence-corrected chi connectivity index (χ0v) is 12.3. The predicted molar refractivity (Wildman–Crippen MR) is 79.0 cm³/mol. The van der Waals surface area contributed by atoms with E-state index in [1.54, 1.807) is 0 Å². The molecule has 4 rings (SSSR count). The average Bonchev–Trinajstić information content (AvgIpc) is 2.74. The third kappa shape index (κ3) is 1.70. The van der Waals surface area contributed by atoms with E-state index in [1.807, 2.05) is 0 Å². The van der Waals surface area contributed by atoms with Crippen LogP contribution in [0.15, 0.2) is 23.8 Å². The van der Waals surface area contributed by atoms with Gasteiger partial charge in [-0.25, -0.2) is 0 Å². The molecule has 2 saturated carbocycles. The normalized spacial score (nSPS) is 53.9. The number of rotatable bonds is 0. The highest BCUT2D eigenvalue weighted by atomic mass is 16.3. The monoisotopic (exact) mass is 274 g/mol. The SMILES string of the molecule is C[C@]12CC[C@H]3[C@@H](C=CC4=CC(O)CC[C@@H]43)[C@@H]1CC[C@@H]2O. The highest BCUT2D eigenvalue weighted by Gasteiger charge is 2.54. The molecule has 0 heterocycles. The van der Waals surface area contributed by atoms with Crippen molar-refractivity contribution in [2.75, 3.05) is 0 Å². The molecule has 0 spiro atoms. The van der Waals surface area contributed by atoms with Crippen molar-refractivity contribution in [3.8, 4) is 0 Å². The first-order chi connectivity index (χ1) is 9.59. The zero-order chi connectivity index (χ0) is 13.9. The number of hydrogen-bond donors (Lipinski definition) is 2. The summed E-state index contributed by atoms with van der Waals surface area (Å²) in [5.41, 5.74) is 1.54. The van der Waals surface area contributed by atoms with Gasteiger partial charge in [0, 0.05) is 0 Å². The van der Waals surface area contributed by atoms with Gasteiger partial charge in [-0.05, 0) is 73.2 Å². The average molecular weight is 274 g/mol. The number of aliphatic hydroxyl groups is 2. The molecule has 0 amide bonds. The van der Waals surface area contributed by atoms with Crippen molar-refractivity contribution in [2.45, 2.75) is 57.7 Å². The minimum Gasteiger partial charge on any atom is -0.393 e. The summed E-state index contributed by atoms with van der Waals surface area (Å²) >= 11 is 0. The van der Waals surface area contributed by atoms with E-state index in [1.165, 1.54) is 24.8 Å². The summed E-state index contributed by atoms with van der Waals surface area (Å²) in [6.45, 7) is 2.31. The Morgan fingerprint density at radius 3 is 2.80 bits per heavy atom. The van der Waals surface area contributed by atoms with Crippen LogP contribution < -0.4 is 0 Å². The molecular formula is C18H26O2. The summed E-state index contributed by atoms with van der Waals surface area (Å²) in [6, 6.07) is 0. The Labute approximate surface area is 121 Å². The van der Waals surface area contributed by atoms with Gasteiger partial charge in [-0.15, -0.1) is 0 Å². The molecule has 0 radical (unpaired) electrons. The van der Waals surface area contributed by atoms with Crippen molar-refractivity contribution in [2.24, 2.45) is 29.1 Å². The molecule has 2 heteroatoms. The molecule has 7 atom stereocenters. The highest BCUT2D eigenvalue weighted by Crippen LogP contribution is 2.60. The quantitative estimate of drug-likeness (QED) is 0.713. The van der Waals surface area contributed by atoms with Gasteiger partial charge in [0.15, 0.2) is 0 Å². The third-order valence-electron chi connectivity index (χ3n) is 6.95. The van der Waals surface area contributed by atoms with Gasteiger partial charge in [0.25, 0.3) is 0 Å². The van der Waals surface area contributed by atoms with Crippen LogP contribution in [0.5, 0.6) is 0 Å². The molecule has 0 aromatic heterocycles. The smallest absolute Gasteiger partial charge is 0.0726 e. The van der Waals surface area contributed by atoms with Crippen molar-refractivity contribution in [1.82, 2.24) is 0 Å². The van der Waals surface area contributed by atoms with Crippen molar-refractivity contribution < 1.29 is 10.2 Å². The first-order valence-electron chi connectivity index (χ1n) is 8.35. The number of aliphatic hydroxyl groups excluding tert-OH is 2. The Bertz CT molecular complexity index is 466. The number of hydrogen-bond acceptors (Lipinski definition) is 2. The van der Waals surface area contributed by atoms with Gasteiger partial charge >= 0.3 is 0 Å². The molecule has 0 aliphatic heterocycles. The molecule has 1 unspecified atom stereocenters. The van der Waals surface area contributed by atoms with Crippen LogP contribution in [0.25, 0.3) is 0 Å². The van der Waals surface area contributed by atoms with Crippen LogP contribution in [-0.2, 0) is 0 Å². The minimum atomic E-state index is -0.232. The first kappa shape index (κ1) is 13.1. The second kappa shape index (κ2) is 4.45. The van der Waals surface area contributed by atoms with E-state index in [4.69, 9.17) is 0 Å². The van der Waals surface area contributed by atoms with E-state index in [9.17, 15) is 10.2 Å². The molecule has 20 heavy (non-hydrogen) atoms.